The Balaban J connectivity index is 1.62. The first-order valence-electron chi connectivity index (χ1n) is 15.1. The van der Waals surface area contributed by atoms with E-state index in [2.05, 4.69) is 10.1 Å². The number of amides is 1. The van der Waals surface area contributed by atoms with E-state index in [0.29, 0.717) is 49.5 Å². The maximum atomic E-state index is 14.5. The number of halogens is 9. The molecule has 17 heteroatoms. The topological polar surface area (TPSA) is 99.5 Å². The van der Waals surface area contributed by atoms with E-state index in [4.69, 9.17) is 0 Å². The fourth-order valence-electron chi connectivity index (χ4n) is 6.53. The van der Waals surface area contributed by atoms with Crippen LogP contribution in [0.4, 0.5) is 39.5 Å². The Kier molecular flexibility index (Phi) is 9.80. The number of carbonyl (C=O) groups is 1. The third-order valence-corrected chi connectivity index (χ3v) is 11.8. The molecule has 0 aromatic heterocycles. The molecule has 1 unspecified atom stereocenters. The highest BCUT2D eigenvalue weighted by Gasteiger charge is 2.73. The van der Waals surface area contributed by atoms with Crippen LogP contribution in [0.15, 0.2) is 71.6 Å². The molecule has 1 amide bonds. The summed E-state index contributed by atoms with van der Waals surface area (Å²) in [5.74, 6) is -4.38. The van der Waals surface area contributed by atoms with E-state index >= 15 is 0 Å². The minimum atomic E-state index is -6.25. The SMILES string of the molecule is N#CC1(C(=O)N2CCC(c3ccc(C(OCc4c(F)cccc4F)(C(F)(F)F)C(F)(F)F)cc3)(S(=O)(=O)c3ccc(F)cc3)C2)CCNCC1. The smallest absolute Gasteiger partial charge is 0.349 e. The maximum absolute atomic E-state index is 14.5. The monoisotopic (exact) mass is 733 g/mol. The van der Waals surface area contributed by atoms with Crippen molar-refractivity contribution in [2.75, 3.05) is 26.2 Å². The van der Waals surface area contributed by atoms with Gasteiger partial charge in [-0.1, -0.05) is 30.3 Å². The van der Waals surface area contributed by atoms with Crippen LogP contribution < -0.4 is 5.32 Å². The zero-order valence-electron chi connectivity index (χ0n) is 25.8. The molecule has 1 atom stereocenters. The van der Waals surface area contributed by atoms with Gasteiger partial charge in [0, 0.05) is 24.2 Å². The molecule has 0 bridgehead atoms. The second-order valence-electron chi connectivity index (χ2n) is 12.1. The lowest BCUT2D eigenvalue weighted by molar-refractivity contribution is -0.392. The van der Waals surface area contributed by atoms with Crippen LogP contribution in [0.1, 0.15) is 36.0 Å². The Morgan fingerprint density at radius 3 is 1.94 bits per heavy atom. The molecular weight excluding hydrogens is 705 g/mol. The predicted molar refractivity (Wildman–Crippen MR) is 158 cm³/mol. The zero-order valence-corrected chi connectivity index (χ0v) is 26.7. The van der Waals surface area contributed by atoms with Crippen molar-refractivity contribution in [1.82, 2.24) is 10.2 Å². The lowest BCUT2D eigenvalue weighted by Gasteiger charge is -2.38. The number of rotatable bonds is 8. The summed E-state index contributed by atoms with van der Waals surface area (Å²) < 4.78 is 160. The number of sulfone groups is 1. The Labute approximate surface area is 280 Å². The molecule has 2 fully saturated rings. The maximum Gasteiger partial charge on any atom is 0.430 e. The minimum Gasteiger partial charge on any atom is -0.349 e. The largest absolute Gasteiger partial charge is 0.430 e. The standard InChI is InChI=1S/C33H28F9N3O4S/c34-23-8-10-24(11-9-23)50(47,48)30(14-17-45(20-30)28(46)29(19-43)12-15-44-16-13-29)21-4-6-22(7-5-21)31(32(37,38)39,33(40,41)42)49-18-25-26(35)2-1-3-27(25)36/h1-11,44H,12-18,20H2. The van der Waals surface area contributed by atoms with Gasteiger partial charge in [-0.2, -0.15) is 31.6 Å². The quantitative estimate of drug-likeness (QED) is 0.212. The van der Waals surface area contributed by atoms with Gasteiger partial charge < -0.3 is 15.0 Å². The summed E-state index contributed by atoms with van der Waals surface area (Å²) in [6, 6.07) is 9.82. The number of ether oxygens (including phenoxy) is 1. The van der Waals surface area contributed by atoms with Gasteiger partial charge in [-0.05, 0) is 74.3 Å². The van der Waals surface area contributed by atoms with Gasteiger partial charge in [-0.25, -0.2) is 21.6 Å². The molecule has 0 radical (unpaired) electrons. The van der Waals surface area contributed by atoms with Crippen LogP contribution >= 0.6 is 0 Å². The Bertz CT molecular complexity index is 1850. The predicted octanol–water partition coefficient (Wildman–Crippen LogP) is 6.44. The number of nitrogens with zero attached hydrogens (tertiary/aromatic N) is 2. The molecule has 2 heterocycles. The number of carbonyl (C=O) groups excluding carboxylic acids is 1. The van der Waals surface area contributed by atoms with Gasteiger partial charge in [0.1, 0.15) is 27.6 Å². The molecular formula is C33H28F9N3O4S. The molecule has 50 heavy (non-hydrogen) atoms. The average Bonchev–Trinajstić information content (AvgIpc) is 3.53. The first-order chi connectivity index (χ1) is 23.3. The number of nitriles is 1. The number of nitrogens with one attached hydrogen (secondary N) is 1. The number of hydrogen-bond donors (Lipinski definition) is 1. The van der Waals surface area contributed by atoms with Crippen molar-refractivity contribution in [3.05, 3.63) is 101 Å². The van der Waals surface area contributed by atoms with E-state index < -0.39 is 90.5 Å². The highest BCUT2D eigenvalue weighted by Crippen LogP contribution is 2.54. The van der Waals surface area contributed by atoms with E-state index in [1.54, 1.807) is 0 Å². The van der Waals surface area contributed by atoms with Gasteiger partial charge in [0.05, 0.1) is 17.6 Å². The molecule has 268 valence electrons. The van der Waals surface area contributed by atoms with Crippen LogP contribution in [0, 0.1) is 34.2 Å². The molecule has 5 rings (SSSR count). The van der Waals surface area contributed by atoms with Crippen LogP contribution in [0.25, 0.3) is 0 Å². The van der Waals surface area contributed by atoms with Gasteiger partial charge in [0.2, 0.25) is 5.91 Å². The highest BCUT2D eigenvalue weighted by molar-refractivity contribution is 7.92. The van der Waals surface area contributed by atoms with Crippen LogP contribution in [0.5, 0.6) is 0 Å². The van der Waals surface area contributed by atoms with Crippen molar-refractivity contribution in [2.45, 2.75) is 53.5 Å². The van der Waals surface area contributed by atoms with Crippen LogP contribution in [-0.4, -0.2) is 57.8 Å². The van der Waals surface area contributed by atoms with E-state index in [1.165, 1.54) is 0 Å². The van der Waals surface area contributed by atoms with E-state index in [-0.39, 0.29) is 31.4 Å². The van der Waals surface area contributed by atoms with E-state index in [9.17, 15) is 58.0 Å². The summed E-state index contributed by atoms with van der Waals surface area (Å²) in [6.45, 7) is -2.02. The molecule has 0 aliphatic carbocycles. The molecule has 1 N–H and O–H groups in total. The minimum absolute atomic E-state index is 0.110. The van der Waals surface area contributed by atoms with Crippen molar-refractivity contribution in [3.63, 3.8) is 0 Å². The molecule has 2 saturated heterocycles. The zero-order chi connectivity index (χ0) is 36.8. The van der Waals surface area contributed by atoms with Crippen LogP contribution in [0.2, 0.25) is 0 Å². The van der Waals surface area contributed by atoms with Gasteiger partial charge in [0.25, 0.3) is 5.60 Å². The number of alkyl halides is 6. The van der Waals surface area contributed by atoms with Crippen molar-refractivity contribution in [3.8, 4) is 6.07 Å². The molecule has 2 aliphatic heterocycles. The molecule has 3 aromatic carbocycles. The lowest BCUT2D eigenvalue weighted by atomic mass is 9.79. The summed E-state index contributed by atoms with van der Waals surface area (Å²) in [5.41, 5.74) is -9.70. The normalized spacial score (nSPS) is 20.0. The van der Waals surface area contributed by atoms with Crippen molar-refractivity contribution >= 4 is 15.7 Å². The van der Waals surface area contributed by atoms with Gasteiger partial charge in [0.15, 0.2) is 9.84 Å². The van der Waals surface area contributed by atoms with Crippen LogP contribution in [-0.2, 0) is 36.3 Å². The molecule has 0 spiro atoms. The Hall–Kier alpha value is -4.14. The summed E-state index contributed by atoms with van der Waals surface area (Å²) in [5, 5.41) is 13.0. The van der Waals surface area contributed by atoms with E-state index in [0.717, 1.165) is 35.2 Å². The summed E-state index contributed by atoms with van der Waals surface area (Å²) in [4.78, 5) is 14.4. The summed E-state index contributed by atoms with van der Waals surface area (Å²) >= 11 is 0. The van der Waals surface area contributed by atoms with Gasteiger partial charge in [-0.15, -0.1) is 0 Å². The fourth-order valence-corrected chi connectivity index (χ4v) is 8.61. The Morgan fingerprint density at radius 1 is 0.860 bits per heavy atom. The summed E-state index contributed by atoms with van der Waals surface area (Å²) in [6.07, 6.45) is -12.7. The third-order valence-electron chi connectivity index (χ3n) is 9.35. The number of piperidine rings is 1. The second kappa shape index (κ2) is 13.2. The highest BCUT2D eigenvalue weighted by atomic mass is 32.2. The average molecular weight is 734 g/mol. The first-order valence-corrected chi connectivity index (χ1v) is 16.6. The number of hydrogen-bond acceptors (Lipinski definition) is 6. The number of likely N-dealkylation sites (tertiary alicyclic amines) is 1. The molecule has 7 nitrogen and oxygen atoms in total. The molecule has 0 saturated carbocycles. The van der Waals surface area contributed by atoms with Gasteiger partial charge >= 0.3 is 12.4 Å². The first kappa shape index (κ1) is 37.1. The molecule has 3 aromatic rings. The van der Waals surface area contributed by atoms with Gasteiger partial charge in [-0.3, -0.25) is 4.79 Å². The number of benzene rings is 3. The summed E-state index contributed by atoms with van der Waals surface area (Å²) in [7, 11) is -4.67. The molecule has 2 aliphatic rings. The van der Waals surface area contributed by atoms with Crippen molar-refractivity contribution in [2.24, 2.45) is 5.41 Å². The third kappa shape index (κ3) is 6.11. The second-order valence-corrected chi connectivity index (χ2v) is 14.4. The fraction of sp³-hybridized carbons (Fsp3) is 0.394. The van der Waals surface area contributed by atoms with Crippen molar-refractivity contribution < 1.29 is 57.5 Å². The Morgan fingerprint density at radius 2 is 1.42 bits per heavy atom. The van der Waals surface area contributed by atoms with Crippen LogP contribution in [0.3, 0.4) is 0 Å². The lowest BCUT2D eigenvalue weighted by Crippen LogP contribution is -2.56. The van der Waals surface area contributed by atoms with Crippen molar-refractivity contribution in [1.29, 1.82) is 5.26 Å². The van der Waals surface area contributed by atoms with E-state index in [1.807, 2.05) is 6.07 Å².